The summed E-state index contributed by atoms with van der Waals surface area (Å²) in [5.74, 6) is 5.08. The first-order valence-electron chi connectivity index (χ1n) is 4.97. The summed E-state index contributed by atoms with van der Waals surface area (Å²) in [6.07, 6.45) is 0.883. The molecule has 0 aliphatic carbocycles. The molecule has 0 fully saturated rings. The largest absolute Gasteiger partial charge is 0.332 e. The lowest BCUT2D eigenvalue weighted by molar-refractivity contribution is 0.0179. The van der Waals surface area contributed by atoms with Crippen LogP contribution in [-0.4, -0.2) is 18.7 Å². The third kappa shape index (κ3) is 1.49. The van der Waals surface area contributed by atoms with Crippen molar-refractivity contribution in [3.63, 3.8) is 0 Å². The van der Waals surface area contributed by atoms with E-state index < -0.39 is 17.5 Å². The SMILES string of the molecule is CC(ON)n1cnc2c1c(=O)n(C)c(=O)n2C. The number of aryl methyl sites for hydroxylation is 1. The fourth-order valence-corrected chi connectivity index (χ4v) is 1.71. The van der Waals surface area contributed by atoms with Crippen molar-refractivity contribution in [3.05, 3.63) is 27.2 Å². The van der Waals surface area contributed by atoms with E-state index >= 15 is 0 Å². The fourth-order valence-electron chi connectivity index (χ4n) is 1.71. The van der Waals surface area contributed by atoms with Crippen LogP contribution in [-0.2, 0) is 18.9 Å². The van der Waals surface area contributed by atoms with Crippen molar-refractivity contribution < 1.29 is 4.84 Å². The van der Waals surface area contributed by atoms with Gasteiger partial charge in [-0.3, -0.25) is 23.3 Å². The molecule has 1 unspecified atom stereocenters. The van der Waals surface area contributed by atoms with Gasteiger partial charge in [-0.25, -0.2) is 15.7 Å². The van der Waals surface area contributed by atoms with Crippen LogP contribution in [0.1, 0.15) is 13.2 Å². The molecule has 0 radical (unpaired) electrons. The highest BCUT2D eigenvalue weighted by molar-refractivity contribution is 5.70. The monoisotopic (exact) mass is 239 g/mol. The molecule has 0 saturated heterocycles. The minimum Gasteiger partial charge on any atom is -0.296 e. The van der Waals surface area contributed by atoms with Crippen LogP contribution in [0, 0.1) is 0 Å². The van der Waals surface area contributed by atoms with Gasteiger partial charge in [0.25, 0.3) is 5.56 Å². The van der Waals surface area contributed by atoms with Gasteiger partial charge in [0.2, 0.25) is 0 Å². The van der Waals surface area contributed by atoms with Crippen LogP contribution in [0.3, 0.4) is 0 Å². The molecular weight excluding hydrogens is 226 g/mol. The highest BCUT2D eigenvalue weighted by Crippen LogP contribution is 2.12. The fraction of sp³-hybridized carbons (Fsp3) is 0.444. The van der Waals surface area contributed by atoms with Crippen LogP contribution in [0.25, 0.3) is 11.2 Å². The summed E-state index contributed by atoms with van der Waals surface area (Å²) in [7, 11) is 2.96. The molecule has 92 valence electrons. The Kier molecular flexibility index (Phi) is 2.60. The van der Waals surface area contributed by atoms with E-state index in [9.17, 15) is 9.59 Å². The molecule has 0 bridgehead atoms. The molecular formula is C9H13N5O3. The maximum absolute atomic E-state index is 12.0. The molecule has 0 saturated carbocycles. The first kappa shape index (κ1) is 11.6. The topological polar surface area (TPSA) is 97.1 Å². The first-order chi connectivity index (χ1) is 7.99. The van der Waals surface area contributed by atoms with Gasteiger partial charge in [0, 0.05) is 14.1 Å². The maximum atomic E-state index is 12.0. The van der Waals surface area contributed by atoms with Crippen molar-refractivity contribution in [1.82, 2.24) is 18.7 Å². The van der Waals surface area contributed by atoms with Crippen LogP contribution in [0.4, 0.5) is 0 Å². The number of imidazole rings is 1. The second-order valence-corrected chi connectivity index (χ2v) is 3.77. The standard InChI is InChI=1S/C9H13N5O3/c1-5(17-10)14-4-11-7-6(14)8(15)13(3)9(16)12(7)2/h4-5H,10H2,1-3H3. The number of nitrogens with two attached hydrogens (primary N) is 1. The lowest BCUT2D eigenvalue weighted by Crippen LogP contribution is -2.37. The van der Waals surface area contributed by atoms with Crippen LogP contribution in [0.2, 0.25) is 0 Å². The molecule has 0 aliphatic heterocycles. The molecule has 2 aromatic heterocycles. The van der Waals surface area contributed by atoms with Gasteiger partial charge < -0.3 is 0 Å². The lowest BCUT2D eigenvalue weighted by atomic mass is 10.5. The summed E-state index contributed by atoms with van der Waals surface area (Å²) in [6, 6.07) is 0. The summed E-state index contributed by atoms with van der Waals surface area (Å²) in [6.45, 7) is 1.67. The number of aromatic nitrogens is 4. The predicted octanol–water partition coefficient (Wildman–Crippen LogP) is -1.16. The van der Waals surface area contributed by atoms with Gasteiger partial charge >= 0.3 is 5.69 Å². The minimum atomic E-state index is -0.537. The first-order valence-corrected chi connectivity index (χ1v) is 4.97. The zero-order valence-electron chi connectivity index (χ0n) is 9.75. The van der Waals surface area contributed by atoms with Gasteiger partial charge in [0.1, 0.15) is 0 Å². The molecule has 1 atom stereocenters. The second kappa shape index (κ2) is 3.82. The zero-order chi connectivity index (χ0) is 12.7. The maximum Gasteiger partial charge on any atom is 0.332 e. The summed E-state index contributed by atoms with van der Waals surface area (Å²) >= 11 is 0. The van der Waals surface area contributed by atoms with E-state index in [2.05, 4.69) is 9.82 Å². The van der Waals surface area contributed by atoms with Crippen molar-refractivity contribution in [1.29, 1.82) is 0 Å². The predicted molar refractivity (Wildman–Crippen MR) is 60.2 cm³/mol. The van der Waals surface area contributed by atoms with Crippen molar-refractivity contribution in [2.45, 2.75) is 13.2 Å². The van der Waals surface area contributed by atoms with Gasteiger partial charge in [0.15, 0.2) is 17.4 Å². The van der Waals surface area contributed by atoms with Gasteiger partial charge in [-0.2, -0.15) is 0 Å². The third-order valence-corrected chi connectivity index (χ3v) is 2.76. The van der Waals surface area contributed by atoms with Gasteiger partial charge in [-0.1, -0.05) is 0 Å². The Morgan fingerprint density at radius 1 is 1.35 bits per heavy atom. The van der Waals surface area contributed by atoms with E-state index in [0.29, 0.717) is 5.65 Å². The van der Waals surface area contributed by atoms with E-state index in [-0.39, 0.29) is 5.52 Å². The van der Waals surface area contributed by atoms with Crippen molar-refractivity contribution in [2.24, 2.45) is 20.0 Å². The average molecular weight is 239 g/mol. The lowest BCUT2D eigenvalue weighted by Gasteiger charge is -2.11. The van der Waals surface area contributed by atoms with E-state index in [1.54, 1.807) is 14.0 Å². The van der Waals surface area contributed by atoms with Gasteiger partial charge in [0.05, 0.1) is 6.33 Å². The smallest absolute Gasteiger partial charge is 0.296 e. The van der Waals surface area contributed by atoms with Gasteiger partial charge in [-0.15, -0.1) is 0 Å². The van der Waals surface area contributed by atoms with Crippen LogP contribution >= 0.6 is 0 Å². The normalized spacial score (nSPS) is 13.2. The molecule has 2 heterocycles. The molecule has 0 aliphatic rings. The third-order valence-electron chi connectivity index (χ3n) is 2.76. The number of hydrogen-bond donors (Lipinski definition) is 1. The number of rotatable bonds is 2. The summed E-state index contributed by atoms with van der Waals surface area (Å²) in [5.41, 5.74) is -0.256. The van der Waals surface area contributed by atoms with E-state index in [0.717, 1.165) is 4.57 Å². The molecule has 2 aromatic rings. The van der Waals surface area contributed by atoms with E-state index in [1.807, 2.05) is 0 Å². The van der Waals surface area contributed by atoms with E-state index in [4.69, 9.17) is 5.90 Å². The van der Waals surface area contributed by atoms with Gasteiger partial charge in [-0.05, 0) is 6.92 Å². The summed E-state index contributed by atoms with van der Waals surface area (Å²) < 4.78 is 3.80. The Labute approximate surface area is 95.8 Å². The molecule has 8 nitrogen and oxygen atoms in total. The zero-order valence-corrected chi connectivity index (χ0v) is 9.75. The summed E-state index contributed by atoms with van der Waals surface area (Å²) in [5, 5.41) is 0. The van der Waals surface area contributed by atoms with E-state index in [1.165, 1.54) is 22.5 Å². The molecule has 0 spiro atoms. The Balaban J connectivity index is 2.96. The molecule has 2 N–H and O–H groups in total. The molecule has 2 rings (SSSR count). The Bertz CT molecular complexity index is 680. The number of hydrogen-bond acceptors (Lipinski definition) is 5. The molecule has 17 heavy (non-hydrogen) atoms. The van der Waals surface area contributed by atoms with Crippen LogP contribution in [0.15, 0.2) is 15.9 Å². The highest BCUT2D eigenvalue weighted by Gasteiger charge is 2.16. The van der Waals surface area contributed by atoms with Crippen LogP contribution in [0.5, 0.6) is 0 Å². The number of fused-ring (bicyclic) bond motifs is 1. The Morgan fingerprint density at radius 3 is 2.59 bits per heavy atom. The number of nitrogens with zero attached hydrogens (tertiary/aromatic N) is 4. The quantitative estimate of drug-likeness (QED) is 0.667. The van der Waals surface area contributed by atoms with Crippen molar-refractivity contribution >= 4 is 11.2 Å². The molecule has 8 heteroatoms. The highest BCUT2D eigenvalue weighted by atomic mass is 16.6. The molecule has 0 amide bonds. The average Bonchev–Trinajstić information content (AvgIpc) is 2.77. The van der Waals surface area contributed by atoms with Crippen molar-refractivity contribution in [3.8, 4) is 0 Å². The minimum absolute atomic E-state index is 0.285. The Hall–Kier alpha value is -1.93. The van der Waals surface area contributed by atoms with Crippen molar-refractivity contribution in [2.75, 3.05) is 0 Å². The second-order valence-electron chi connectivity index (χ2n) is 3.77. The molecule has 0 aromatic carbocycles. The Morgan fingerprint density at radius 2 is 2.00 bits per heavy atom. The summed E-state index contributed by atoms with van der Waals surface area (Å²) in [4.78, 5) is 32.4. The van der Waals surface area contributed by atoms with Crippen LogP contribution < -0.4 is 17.1 Å².